The first-order chi connectivity index (χ1) is 13.6. The van der Waals surface area contributed by atoms with Crippen LogP contribution in [0.25, 0.3) is 0 Å². The summed E-state index contributed by atoms with van der Waals surface area (Å²) in [6, 6.07) is 8.05. The normalized spacial score (nSPS) is 30.9. The van der Waals surface area contributed by atoms with Crippen molar-refractivity contribution < 1.29 is 9.59 Å². The number of nitrogens with one attached hydrogen (secondary N) is 3. The minimum atomic E-state index is -0.327. The van der Waals surface area contributed by atoms with E-state index in [1.807, 2.05) is 12.1 Å². The highest BCUT2D eigenvalue weighted by Crippen LogP contribution is 2.34. The number of nitrogens with zero attached hydrogens (tertiary/aromatic N) is 2. The molecule has 4 aliphatic rings. The van der Waals surface area contributed by atoms with E-state index in [1.165, 1.54) is 38.4 Å². The zero-order valence-corrected chi connectivity index (χ0v) is 16.2. The fourth-order valence-electron chi connectivity index (χ4n) is 5.09. The summed E-state index contributed by atoms with van der Waals surface area (Å²) in [6.45, 7) is 8.42. The number of fused-ring (bicyclic) bond motifs is 1. The summed E-state index contributed by atoms with van der Waals surface area (Å²) < 4.78 is 0. The number of rotatable bonds is 5. The maximum absolute atomic E-state index is 11.9. The van der Waals surface area contributed by atoms with Crippen molar-refractivity contribution in [2.45, 2.75) is 18.9 Å². The highest BCUT2D eigenvalue weighted by molar-refractivity contribution is 6.01. The number of anilines is 2. The molecule has 4 aliphatic heterocycles. The van der Waals surface area contributed by atoms with Crippen LogP contribution in [0.3, 0.4) is 0 Å². The van der Waals surface area contributed by atoms with Crippen LogP contribution in [0.4, 0.5) is 11.4 Å². The monoisotopic (exact) mass is 383 g/mol. The number of likely N-dealkylation sites (tertiary alicyclic amines) is 1. The molecule has 0 bridgehead atoms. The highest BCUT2D eigenvalue weighted by atomic mass is 16.2. The average Bonchev–Trinajstić information content (AvgIpc) is 3.20. The van der Waals surface area contributed by atoms with E-state index in [9.17, 15) is 9.59 Å². The molecular formula is C21H29N5O2. The molecule has 0 aliphatic carbocycles. The van der Waals surface area contributed by atoms with Gasteiger partial charge >= 0.3 is 0 Å². The second kappa shape index (κ2) is 7.37. The van der Waals surface area contributed by atoms with E-state index in [0.29, 0.717) is 12.8 Å². The third kappa shape index (κ3) is 3.61. The van der Waals surface area contributed by atoms with Gasteiger partial charge in [0.25, 0.3) is 0 Å². The molecule has 3 N–H and O–H groups in total. The quantitative estimate of drug-likeness (QED) is 0.643. The first kappa shape index (κ1) is 17.9. The van der Waals surface area contributed by atoms with Crippen molar-refractivity contribution >= 4 is 23.2 Å². The lowest BCUT2D eigenvalue weighted by Crippen LogP contribution is -2.48. The fourth-order valence-corrected chi connectivity index (χ4v) is 5.09. The largest absolute Gasteiger partial charge is 0.374 e. The summed E-state index contributed by atoms with van der Waals surface area (Å²) in [6.07, 6.45) is 0.946. The molecule has 1 aromatic rings. The molecule has 0 saturated carbocycles. The van der Waals surface area contributed by atoms with Gasteiger partial charge in [0, 0.05) is 63.6 Å². The third-order valence-electron chi connectivity index (χ3n) is 6.76. The molecule has 7 nitrogen and oxygen atoms in total. The number of benzene rings is 1. The van der Waals surface area contributed by atoms with Crippen LogP contribution in [0.2, 0.25) is 0 Å². The van der Waals surface area contributed by atoms with Crippen molar-refractivity contribution in [3.05, 3.63) is 24.3 Å². The van der Waals surface area contributed by atoms with Gasteiger partial charge in [-0.05, 0) is 48.4 Å². The molecule has 0 aromatic heterocycles. The first-order valence-corrected chi connectivity index (χ1v) is 10.5. The SMILES string of the molecule is O=C1CCC(Nc2ccc(N3CC4CN(CC5CNC5)CC4C3)cc2)C(=O)N1. The average molecular weight is 383 g/mol. The summed E-state index contributed by atoms with van der Waals surface area (Å²) in [5.41, 5.74) is 2.19. The molecule has 3 unspecified atom stereocenters. The Kier molecular flexibility index (Phi) is 4.72. The minimum Gasteiger partial charge on any atom is -0.374 e. The van der Waals surface area contributed by atoms with Crippen LogP contribution < -0.4 is 20.9 Å². The first-order valence-electron chi connectivity index (χ1n) is 10.5. The summed E-state index contributed by atoms with van der Waals surface area (Å²) in [4.78, 5) is 28.3. The van der Waals surface area contributed by atoms with Crippen LogP contribution in [0.15, 0.2) is 24.3 Å². The lowest BCUT2D eigenvalue weighted by Gasteiger charge is -2.32. The molecule has 0 radical (unpaired) electrons. The number of hydrogen-bond acceptors (Lipinski definition) is 6. The predicted octanol–water partition coefficient (Wildman–Crippen LogP) is 0.491. The molecule has 3 atom stereocenters. The Morgan fingerprint density at radius 2 is 1.71 bits per heavy atom. The van der Waals surface area contributed by atoms with E-state index in [4.69, 9.17) is 0 Å². The Bertz CT molecular complexity index is 734. The minimum absolute atomic E-state index is 0.180. The van der Waals surface area contributed by atoms with Crippen molar-refractivity contribution in [2.75, 3.05) is 56.0 Å². The molecule has 7 heteroatoms. The number of carbonyl (C=O) groups excluding carboxylic acids is 2. The molecule has 4 heterocycles. The highest BCUT2D eigenvalue weighted by Gasteiger charge is 2.40. The molecule has 150 valence electrons. The van der Waals surface area contributed by atoms with Gasteiger partial charge in [0.05, 0.1) is 0 Å². The van der Waals surface area contributed by atoms with Crippen LogP contribution >= 0.6 is 0 Å². The Morgan fingerprint density at radius 1 is 1.00 bits per heavy atom. The molecule has 1 aromatic carbocycles. The van der Waals surface area contributed by atoms with Crippen LogP contribution in [-0.4, -0.2) is 68.6 Å². The standard InChI is InChI=1S/C21H29N5O2/c27-20-6-5-19(21(28)24-20)23-17-1-3-18(4-2-17)26-12-15-10-25(11-16(15)13-26)9-14-7-22-8-14/h1-4,14-16,19,22-23H,5-13H2,(H,24,27,28). The lowest BCUT2D eigenvalue weighted by atomic mass is 10.0. The molecule has 28 heavy (non-hydrogen) atoms. The van der Waals surface area contributed by atoms with E-state index < -0.39 is 0 Å². The second-order valence-electron chi connectivity index (χ2n) is 8.86. The smallest absolute Gasteiger partial charge is 0.249 e. The summed E-state index contributed by atoms with van der Waals surface area (Å²) in [7, 11) is 0. The van der Waals surface area contributed by atoms with Gasteiger partial charge in [0.15, 0.2) is 0 Å². The zero-order valence-electron chi connectivity index (χ0n) is 16.2. The molecule has 4 fully saturated rings. The van der Waals surface area contributed by atoms with Gasteiger partial charge in [-0.3, -0.25) is 14.9 Å². The van der Waals surface area contributed by atoms with E-state index in [1.54, 1.807) is 0 Å². The zero-order chi connectivity index (χ0) is 19.1. The number of piperidine rings is 1. The van der Waals surface area contributed by atoms with E-state index in [2.05, 4.69) is 37.9 Å². The summed E-state index contributed by atoms with van der Waals surface area (Å²) >= 11 is 0. The molecule has 0 spiro atoms. The number of carbonyl (C=O) groups is 2. The fraction of sp³-hybridized carbons (Fsp3) is 0.619. The Labute approximate surface area is 165 Å². The van der Waals surface area contributed by atoms with Gasteiger partial charge in [-0.15, -0.1) is 0 Å². The van der Waals surface area contributed by atoms with Crippen molar-refractivity contribution in [2.24, 2.45) is 17.8 Å². The van der Waals surface area contributed by atoms with E-state index in [-0.39, 0.29) is 17.9 Å². The third-order valence-corrected chi connectivity index (χ3v) is 6.76. The second-order valence-corrected chi connectivity index (χ2v) is 8.86. The molecule has 4 saturated heterocycles. The van der Waals surface area contributed by atoms with Crippen molar-refractivity contribution in [3.8, 4) is 0 Å². The Balaban J connectivity index is 1.14. The molecular weight excluding hydrogens is 354 g/mol. The van der Waals surface area contributed by atoms with Gasteiger partial charge < -0.3 is 20.4 Å². The number of imide groups is 1. The predicted molar refractivity (Wildman–Crippen MR) is 108 cm³/mol. The topological polar surface area (TPSA) is 76.7 Å². The van der Waals surface area contributed by atoms with Gasteiger partial charge in [-0.25, -0.2) is 0 Å². The Hall–Kier alpha value is -2.12. The number of hydrogen-bond donors (Lipinski definition) is 3. The molecule has 5 rings (SSSR count). The van der Waals surface area contributed by atoms with Gasteiger partial charge in [-0.2, -0.15) is 0 Å². The lowest BCUT2D eigenvalue weighted by molar-refractivity contribution is -0.133. The summed E-state index contributed by atoms with van der Waals surface area (Å²) in [5.74, 6) is 2.03. The van der Waals surface area contributed by atoms with Gasteiger partial charge in [0.1, 0.15) is 6.04 Å². The molecule has 2 amide bonds. The maximum atomic E-state index is 11.9. The van der Waals surface area contributed by atoms with Crippen LogP contribution in [-0.2, 0) is 9.59 Å². The Morgan fingerprint density at radius 3 is 2.32 bits per heavy atom. The van der Waals surface area contributed by atoms with E-state index in [0.717, 1.165) is 36.5 Å². The van der Waals surface area contributed by atoms with Crippen LogP contribution in [0, 0.1) is 17.8 Å². The maximum Gasteiger partial charge on any atom is 0.249 e. The van der Waals surface area contributed by atoms with Crippen LogP contribution in [0.5, 0.6) is 0 Å². The number of amides is 2. The van der Waals surface area contributed by atoms with E-state index >= 15 is 0 Å². The van der Waals surface area contributed by atoms with Crippen molar-refractivity contribution in [3.63, 3.8) is 0 Å². The van der Waals surface area contributed by atoms with Crippen molar-refractivity contribution in [1.29, 1.82) is 0 Å². The summed E-state index contributed by atoms with van der Waals surface area (Å²) in [5, 5.41) is 9.02. The van der Waals surface area contributed by atoms with Crippen molar-refractivity contribution in [1.82, 2.24) is 15.5 Å². The van der Waals surface area contributed by atoms with Gasteiger partial charge in [0.2, 0.25) is 11.8 Å². The van der Waals surface area contributed by atoms with Gasteiger partial charge in [-0.1, -0.05) is 0 Å². The van der Waals surface area contributed by atoms with Crippen LogP contribution in [0.1, 0.15) is 12.8 Å².